The lowest BCUT2D eigenvalue weighted by molar-refractivity contribution is -0.128. The number of nitrogens with one attached hydrogen (secondary N) is 1. The van der Waals surface area contributed by atoms with Crippen molar-refractivity contribution in [1.29, 1.82) is 0 Å². The fourth-order valence-electron chi connectivity index (χ4n) is 3.25. The number of nitrogens with zero attached hydrogens (tertiary/aromatic N) is 3. The van der Waals surface area contributed by atoms with E-state index in [2.05, 4.69) is 15.3 Å². The number of rotatable bonds is 4. The lowest BCUT2D eigenvalue weighted by atomic mass is 10.0. The molecular weight excluding hydrogens is 378 g/mol. The van der Waals surface area contributed by atoms with Crippen molar-refractivity contribution in [3.05, 3.63) is 35.3 Å². The molecule has 1 saturated heterocycles. The molecule has 2 aliphatic heterocycles. The van der Waals surface area contributed by atoms with E-state index in [0.29, 0.717) is 30.7 Å². The monoisotopic (exact) mass is 417 g/mol. The number of aliphatic imine (C=N–C) groups is 1. The largest absolute Gasteiger partial charge is 0.385 e. The lowest BCUT2D eigenvalue weighted by Gasteiger charge is -2.33. The molecule has 3 N–H and O–H groups in total. The van der Waals surface area contributed by atoms with Gasteiger partial charge in [0.15, 0.2) is 0 Å². The zero-order valence-electron chi connectivity index (χ0n) is 19.5. The molecule has 3 rings (SSSR count). The van der Waals surface area contributed by atoms with Gasteiger partial charge < -0.3 is 20.7 Å². The van der Waals surface area contributed by atoms with Gasteiger partial charge in [0.1, 0.15) is 5.84 Å². The summed E-state index contributed by atoms with van der Waals surface area (Å²) in [5.74, 6) is 0.494. The molecule has 2 aliphatic rings. The van der Waals surface area contributed by atoms with Crippen molar-refractivity contribution in [3.63, 3.8) is 0 Å². The molecule has 0 radical (unpaired) electrons. The number of hydrogen-bond donors (Lipinski definition) is 2. The summed E-state index contributed by atoms with van der Waals surface area (Å²) in [4.78, 5) is 22.4. The first kappa shape index (κ1) is 25.6. The first-order chi connectivity index (χ1) is 14.5. The molecule has 0 saturated carbocycles. The molecule has 1 amide bonds. The van der Waals surface area contributed by atoms with Crippen LogP contribution < -0.4 is 11.1 Å². The van der Waals surface area contributed by atoms with E-state index < -0.39 is 0 Å². The third kappa shape index (κ3) is 7.78. The molecule has 0 atom stereocenters. The third-order valence-corrected chi connectivity index (χ3v) is 4.84. The van der Waals surface area contributed by atoms with Gasteiger partial charge in [0.05, 0.1) is 18.4 Å². The van der Waals surface area contributed by atoms with Crippen LogP contribution in [0.1, 0.15) is 59.6 Å². The Labute approximate surface area is 181 Å². The van der Waals surface area contributed by atoms with Crippen LogP contribution in [-0.2, 0) is 9.53 Å². The van der Waals surface area contributed by atoms with Gasteiger partial charge in [-0.25, -0.2) is 4.99 Å². The van der Waals surface area contributed by atoms with Crippen LogP contribution in [-0.4, -0.2) is 54.0 Å². The van der Waals surface area contributed by atoms with E-state index in [9.17, 15) is 4.79 Å². The maximum absolute atomic E-state index is 11.8. The molecule has 0 aliphatic carbocycles. The van der Waals surface area contributed by atoms with Crippen molar-refractivity contribution in [2.75, 3.05) is 26.3 Å². The number of carbonyl (C=O) groups excluding carboxylic acids is 1. The van der Waals surface area contributed by atoms with Crippen molar-refractivity contribution in [1.82, 2.24) is 15.2 Å². The van der Waals surface area contributed by atoms with Crippen molar-refractivity contribution in [2.45, 2.75) is 66.8 Å². The summed E-state index contributed by atoms with van der Waals surface area (Å²) in [6.07, 6.45) is 4.42. The Morgan fingerprint density at radius 1 is 1.23 bits per heavy atom. The molecule has 0 unspecified atom stereocenters. The smallest absolute Gasteiger partial charge is 0.219 e. The predicted octanol–water partition coefficient (Wildman–Crippen LogP) is 3.71. The highest BCUT2D eigenvalue weighted by atomic mass is 16.5. The van der Waals surface area contributed by atoms with Crippen LogP contribution >= 0.6 is 0 Å². The molecule has 7 nitrogen and oxygen atoms in total. The molecule has 0 spiro atoms. The van der Waals surface area contributed by atoms with Crippen molar-refractivity contribution in [2.24, 2.45) is 10.7 Å². The number of amides is 1. The average molecular weight is 418 g/mol. The Balaban J connectivity index is 0.00000106. The molecule has 0 aromatic carbocycles. The zero-order chi connectivity index (χ0) is 22.5. The van der Waals surface area contributed by atoms with Gasteiger partial charge in [0, 0.05) is 56.1 Å². The highest BCUT2D eigenvalue weighted by molar-refractivity contribution is 6.00. The van der Waals surface area contributed by atoms with E-state index in [1.807, 2.05) is 46.8 Å². The molecule has 1 fully saturated rings. The number of ether oxygens (including phenoxy) is 1. The van der Waals surface area contributed by atoms with Crippen LogP contribution in [0.15, 0.2) is 34.6 Å². The van der Waals surface area contributed by atoms with Gasteiger partial charge in [-0.15, -0.1) is 0 Å². The second kappa shape index (κ2) is 13.7. The average Bonchev–Trinajstić information content (AvgIpc) is 2.79. The first-order valence-electron chi connectivity index (χ1n) is 11.1. The maximum Gasteiger partial charge on any atom is 0.219 e. The minimum Gasteiger partial charge on any atom is -0.385 e. The van der Waals surface area contributed by atoms with E-state index in [1.165, 1.54) is 0 Å². The lowest BCUT2D eigenvalue weighted by Crippen LogP contribution is -2.44. The van der Waals surface area contributed by atoms with E-state index >= 15 is 0 Å². The van der Waals surface area contributed by atoms with Crippen molar-refractivity contribution < 1.29 is 9.53 Å². The summed E-state index contributed by atoms with van der Waals surface area (Å²) in [5, 5.41) is 3.63. The molecule has 0 bridgehead atoms. The van der Waals surface area contributed by atoms with Gasteiger partial charge in [-0.3, -0.25) is 9.78 Å². The number of carbonyl (C=O) groups is 1. The van der Waals surface area contributed by atoms with Crippen LogP contribution in [0.3, 0.4) is 0 Å². The number of pyridine rings is 1. The van der Waals surface area contributed by atoms with Crippen molar-refractivity contribution >= 4 is 17.4 Å². The molecule has 1 aromatic rings. The maximum atomic E-state index is 11.8. The van der Waals surface area contributed by atoms with Gasteiger partial charge >= 0.3 is 0 Å². The molecule has 30 heavy (non-hydrogen) atoms. The second-order valence-electron chi connectivity index (χ2n) is 6.83. The summed E-state index contributed by atoms with van der Waals surface area (Å²) >= 11 is 0. The fraction of sp³-hybridized carbons (Fsp3) is 0.609. The van der Waals surface area contributed by atoms with Crippen LogP contribution in [0.5, 0.6) is 0 Å². The Kier molecular flexibility index (Phi) is 11.7. The molecule has 7 heteroatoms. The molecule has 168 valence electrons. The Bertz CT molecular complexity index is 707. The molecule has 3 heterocycles. The first-order valence-corrected chi connectivity index (χ1v) is 11.1. The van der Waals surface area contributed by atoms with Gasteiger partial charge in [-0.1, -0.05) is 27.7 Å². The summed E-state index contributed by atoms with van der Waals surface area (Å²) in [7, 11) is 0. The van der Waals surface area contributed by atoms with Crippen LogP contribution in [0, 0.1) is 6.92 Å². The zero-order valence-corrected chi connectivity index (χ0v) is 19.5. The van der Waals surface area contributed by atoms with Gasteiger partial charge in [0.25, 0.3) is 0 Å². The number of aromatic nitrogens is 1. The second-order valence-corrected chi connectivity index (χ2v) is 6.83. The summed E-state index contributed by atoms with van der Waals surface area (Å²) in [5.41, 5.74) is 9.98. The highest BCUT2D eigenvalue weighted by Crippen LogP contribution is 2.21. The van der Waals surface area contributed by atoms with E-state index in [0.717, 1.165) is 49.4 Å². The number of nitrogens with two attached hydrogens (primary N) is 1. The van der Waals surface area contributed by atoms with E-state index in [1.54, 1.807) is 18.0 Å². The van der Waals surface area contributed by atoms with E-state index in [4.69, 9.17) is 10.5 Å². The topological polar surface area (TPSA) is 92.8 Å². The fourth-order valence-corrected chi connectivity index (χ4v) is 3.25. The van der Waals surface area contributed by atoms with E-state index in [-0.39, 0.29) is 5.91 Å². The highest BCUT2D eigenvalue weighted by Gasteiger charge is 2.25. The summed E-state index contributed by atoms with van der Waals surface area (Å²) in [6, 6.07) is 4.18. The van der Waals surface area contributed by atoms with Gasteiger partial charge in [-0.05, 0) is 31.9 Å². The number of aryl methyl sites for hydroxylation is 1. The van der Waals surface area contributed by atoms with Crippen LogP contribution in [0.4, 0.5) is 5.69 Å². The van der Waals surface area contributed by atoms with Crippen LogP contribution in [0.2, 0.25) is 0 Å². The Morgan fingerprint density at radius 2 is 1.90 bits per heavy atom. The third-order valence-electron chi connectivity index (χ3n) is 4.84. The SMILES string of the molecule is CC.CC.CC(=O)N1CCC(NC2CCOCC2)=C(C(N)=Nc2ccc(C)nc2)C1. The van der Waals surface area contributed by atoms with Gasteiger partial charge in [-0.2, -0.15) is 0 Å². The normalized spacial score (nSPS) is 17.4. The van der Waals surface area contributed by atoms with Crippen LogP contribution in [0.25, 0.3) is 0 Å². The van der Waals surface area contributed by atoms with Gasteiger partial charge in [0.2, 0.25) is 5.91 Å². The summed E-state index contributed by atoms with van der Waals surface area (Å²) < 4.78 is 5.44. The quantitative estimate of drug-likeness (QED) is 0.575. The molecular formula is C23H39N5O2. The summed E-state index contributed by atoms with van der Waals surface area (Å²) in [6.45, 7) is 14.3. The Hall–Kier alpha value is -2.41. The minimum absolute atomic E-state index is 0.0532. The number of hydrogen-bond acceptors (Lipinski definition) is 5. The minimum atomic E-state index is 0.0532. The Morgan fingerprint density at radius 3 is 2.47 bits per heavy atom. The van der Waals surface area contributed by atoms with Crippen molar-refractivity contribution in [3.8, 4) is 0 Å². The predicted molar refractivity (Wildman–Crippen MR) is 124 cm³/mol. The number of amidine groups is 1. The standard InChI is InChI=1S/C19H27N5O2.2C2H6/c1-13-3-4-16(11-21-13)23-19(20)17-12-24(14(2)25)8-5-18(17)22-15-6-9-26-10-7-15;2*1-2/h3-4,11,15,22H,5-10,12H2,1-2H3,(H2,20,23);2*1-2H3. The molecule has 1 aromatic heterocycles.